The SMILES string of the molecule is CC=CCCCCCC(F)(F)CC. The van der Waals surface area contributed by atoms with E-state index in [1.807, 2.05) is 13.0 Å². The van der Waals surface area contributed by atoms with E-state index in [4.69, 9.17) is 0 Å². The fraction of sp³-hybridized carbons (Fsp3) is 0.818. The lowest BCUT2D eigenvalue weighted by Crippen LogP contribution is -2.13. The Kier molecular flexibility index (Phi) is 6.83. The van der Waals surface area contributed by atoms with Gasteiger partial charge in [-0.25, -0.2) is 8.78 Å². The topological polar surface area (TPSA) is 0 Å². The van der Waals surface area contributed by atoms with Crippen LogP contribution in [-0.2, 0) is 0 Å². The van der Waals surface area contributed by atoms with Crippen LogP contribution >= 0.6 is 0 Å². The number of hydrogen-bond acceptors (Lipinski definition) is 0. The summed E-state index contributed by atoms with van der Waals surface area (Å²) in [5.74, 6) is -2.43. The first kappa shape index (κ1) is 12.6. The van der Waals surface area contributed by atoms with Gasteiger partial charge in [-0.3, -0.25) is 0 Å². The summed E-state index contributed by atoms with van der Waals surface area (Å²) >= 11 is 0. The van der Waals surface area contributed by atoms with Crippen molar-refractivity contribution in [3.8, 4) is 0 Å². The maximum Gasteiger partial charge on any atom is 0.247 e. The number of halogens is 2. The molecule has 0 aliphatic heterocycles. The Morgan fingerprint density at radius 2 is 1.85 bits per heavy atom. The largest absolute Gasteiger partial charge is 0.247 e. The maximum atomic E-state index is 12.7. The lowest BCUT2D eigenvalue weighted by Gasteiger charge is -2.12. The summed E-state index contributed by atoms with van der Waals surface area (Å²) in [6, 6.07) is 0. The second kappa shape index (κ2) is 7.05. The number of alkyl halides is 2. The van der Waals surface area contributed by atoms with Gasteiger partial charge >= 0.3 is 0 Å². The highest BCUT2D eigenvalue weighted by molar-refractivity contribution is 4.76. The first-order chi connectivity index (χ1) is 6.12. The first-order valence-corrected chi connectivity index (χ1v) is 5.11. The predicted octanol–water partition coefficient (Wildman–Crippen LogP) is 4.56. The quantitative estimate of drug-likeness (QED) is 0.408. The van der Waals surface area contributed by atoms with Gasteiger partial charge in [-0.05, 0) is 26.2 Å². The van der Waals surface area contributed by atoms with Gasteiger partial charge in [0.25, 0.3) is 0 Å². The third-order valence-corrected chi connectivity index (χ3v) is 2.17. The third-order valence-electron chi connectivity index (χ3n) is 2.17. The molecule has 78 valence electrons. The summed E-state index contributed by atoms with van der Waals surface area (Å²) in [5, 5.41) is 0. The second-order valence-corrected chi connectivity index (χ2v) is 3.38. The number of rotatable bonds is 7. The molecule has 0 spiro atoms. The summed E-state index contributed by atoms with van der Waals surface area (Å²) < 4.78 is 25.4. The minimum atomic E-state index is -2.43. The van der Waals surface area contributed by atoms with E-state index in [9.17, 15) is 8.78 Å². The Bertz CT molecular complexity index is 139. The van der Waals surface area contributed by atoms with Crippen LogP contribution in [0, 0.1) is 0 Å². The average Bonchev–Trinajstić information content (AvgIpc) is 2.11. The summed E-state index contributed by atoms with van der Waals surface area (Å²) in [6.45, 7) is 3.52. The van der Waals surface area contributed by atoms with Crippen LogP contribution in [0.15, 0.2) is 12.2 Å². The molecule has 0 fully saturated rings. The molecule has 0 N–H and O–H groups in total. The monoisotopic (exact) mass is 190 g/mol. The molecule has 13 heavy (non-hydrogen) atoms. The molecule has 0 aliphatic carbocycles. The molecule has 0 radical (unpaired) electrons. The highest BCUT2D eigenvalue weighted by Crippen LogP contribution is 2.25. The molecule has 0 bridgehead atoms. The van der Waals surface area contributed by atoms with E-state index >= 15 is 0 Å². The van der Waals surface area contributed by atoms with Gasteiger partial charge in [-0.2, -0.15) is 0 Å². The van der Waals surface area contributed by atoms with Crippen molar-refractivity contribution >= 4 is 0 Å². The van der Waals surface area contributed by atoms with E-state index in [0.717, 1.165) is 19.3 Å². The molecule has 0 unspecified atom stereocenters. The van der Waals surface area contributed by atoms with Gasteiger partial charge < -0.3 is 0 Å². The third kappa shape index (κ3) is 7.94. The minimum absolute atomic E-state index is 0.0259. The van der Waals surface area contributed by atoms with E-state index in [1.165, 1.54) is 0 Å². The molecule has 0 saturated heterocycles. The van der Waals surface area contributed by atoms with E-state index < -0.39 is 5.92 Å². The molecular formula is C11H20F2. The fourth-order valence-electron chi connectivity index (χ4n) is 1.17. The van der Waals surface area contributed by atoms with Crippen LogP contribution < -0.4 is 0 Å². The summed E-state index contributed by atoms with van der Waals surface area (Å²) in [6.07, 6.45) is 7.73. The van der Waals surface area contributed by atoms with Crippen molar-refractivity contribution in [3.05, 3.63) is 12.2 Å². The lowest BCUT2D eigenvalue weighted by atomic mass is 10.1. The van der Waals surface area contributed by atoms with Crippen molar-refractivity contribution in [3.63, 3.8) is 0 Å². The second-order valence-electron chi connectivity index (χ2n) is 3.38. The molecule has 0 atom stereocenters. The number of hydrogen-bond donors (Lipinski definition) is 0. The molecule has 2 heteroatoms. The molecule has 0 aliphatic rings. The smallest absolute Gasteiger partial charge is 0.207 e. The highest BCUT2D eigenvalue weighted by Gasteiger charge is 2.24. The Balaban J connectivity index is 3.25. The molecule has 0 saturated carbocycles. The minimum Gasteiger partial charge on any atom is -0.207 e. The highest BCUT2D eigenvalue weighted by atomic mass is 19.3. The van der Waals surface area contributed by atoms with Gasteiger partial charge in [-0.1, -0.05) is 25.5 Å². The molecule has 0 aromatic carbocycles. The van der Waals surface area contributed by atoms with Crippen LogP contribution in [0.1, 0.15) is 52.4 Å². The van der Waals surface area contributed by atoms with E-state index in [0.29, 0.717) is 6.42 Å². The zero-order valence-electron chi connectivity index (χ0n) is 8.65. The van der Waals surface area contributed by atoms with Crippen LogP contribution in [0.5, 0.6) is 0 Å². The van der Waals surface area contributed by atoms with Gasteiger partial charge in [0.2, 0.25) is 5.92 Å². The number of allylic oxidation sites excluding steroid dienone is 2. The van der Waals surface area contributed by atoms with Crippen LogP contribution in [0.4, 0.5) is 8.78 Å². The zero-order chi connectivity index (χ0) is 10.2. The fourth-order valence-corrected chi connectivity index (χ4v) is 1.17. The van der Waals surface area contributed by atoms with Crippen molar-refractivity contribution in [2.45, 2.75) is 58.3 Å². The molecule has 0 heterocycles. The van der Waals surface area contributed by atoms with Crippen LogP contribution in [0.3, 0.4) is 0 Å². The van der Waals surface area contributed by atoms with Crippen molar-refractivity contribution in [1.29, 1.82) is 0 Å². The van der Waals surface area contributed by atoms with Crippen LogP contribution in [0.2, 0.25) is 0 Å². The first-order valence-electron chi connectivity index (χ1n) is 5.11. The van der Waals surface area contributed by atoms with Gasteiger partial charge in [0.15, 0.2) is 0 Å². The lowest BCUT2D eigenvalue weighted by molar-refractivity contribution is -0.0136. The average molecular weight is 190 g/mol. The molecule has 0 nitrogen and oxygen atoms in total. The Morgan fingerprint density at radius 3 is 2.38 bits per heavy atom. The van der Waals surface area contributed by atoms with Crippen molar-refractivity contribution in [2.75, 3.05) is 0 Å². The number of unbranched alkanes of at least 4 members (excludes halogenated alkanes) is 3. The molecule has 0 aromatic rings. The van der Waals surface area contributed by atoms with Gasteiger partial charge in [0, 0.05) is 12.8 Å². The van der Waals surface area contributed by atoms with Crippen LogP contribution in [0.25, 0.3) is 0 Å². The van der Waals surface area contributed by atoms with E-state index in [2.05, 4.69) is 6.08 Å². The Morgan fingerprint density at radius 1 is 1.15 bits per heavy atom. The van der Waals surface area contributed by atoms with Gasteiger partial charge in [0.05, 0.1) is 0 Å². The normalized spacial score (nSPS) is 12.6. The molecule has 0 rings (SSSR count). The van der Waals surface area contributed by atoms with E-state index in [-0.39, 0.29) is 12.8 Å². The van der Waals surface area contributed by atoms with E-state index in [1.54, 1.807) is 6.92 Å². The van der Waals surface area contributed by atoms with Crippen molar-refractivity contribution in [1.82, 2.24) is 0 Å². The summed E-state index contributed by atoms with van der Waals surface area (Å²) in [4.78, 5) is 0. The van der Waals surface area contributed by atoms with Crippen molar-refractivity contribution < 1.29 is 8.78 Å². The zero-order valence-corrected chi connectivity index (χ0v) is 8.65. The van der Waals surface area contributed by atoms with Crippen molar-refractivity contribution in [2.24, 2.45) is 0 Å². The standard InChI is InChI=1S/C11H20F2/c1-3-5-6-7-8-9-10-11(12,13)4-2/h3,5H,4,6-10H2,1-2H3. The van der Waals surface area contributed by atoms with Gasteiger partial charge in [0.1, 0.15) is 0 Å². The van der Waals surface area contributed by atoms with Gasteiger partial charge in [-0.15, -0.1) is 0 Å². The summed E-state index contributed by atoms with van der Waals surface area (Å²) in [7, 11) is 0. The molecule has 0 aromatic heterocycles. The Labute approximate surface area is 80.0 Å². The predicted molar refractivity (Wildman–Crippen MR) is 53.1 cm³/mol. The molecule has 0 amide bonds. The Hall–Kier alpha value is -0.400. The van der Waals surface area contributed by atoms with Crippen LogP contribution in [-0.4, -0.2) is 5.92 Å². The molecular weight excluding hydrogens is 170 g/mol. The summed E-state index contributed by atoms with van der Waals surface area (Å²) in [5.41, 5.74) is 0. The maximum absolute atomic E-state index is 12.7.